The monoisotopic (exact) mass is 175 g/mol. The molecule has 0 aliphatic carbocycles. The maximum Gasteiger partial charge on any atom is 0.138 e. The van der Waals surface area contributed by atoms with E-state index in [0.717, 1.165) is 0 Å². The van der Waals surface area contributed by atoms with Crippen LogP contribution in [0, 0.1) is 5.92 Å². The van der Waals surface area contributed by atoms with E-state index in [1.807, 2.05) is 11.2 Å². The Balaban J connectivity index is 2.52. The highest BCUT2D eigenvalue weighted by Crippen LogP contribution is 2.12. The van der Waals surface area contributed by atoms with Crippen molar-refractivity contribution < 1.29 is 9.00 Å². The van der Waals surface area contributed by atoms with Gasteiger partial charge in [-0.1, -0.05) is 6.92 Å². The third kappa shape index (κ3) is 2.10. The Morgan fingerprint density at radius 2 is 2.27 bits per heavy atom. The van der Waals surface area contributed by atoms with Gasteiger partial charge in [0.15, 0.2) is 0 Å². The van der Waals surface area contributed by atoms with Crippen molar-refractivity contribution in [2.45, 2.75) is 13.3 Å². The summed E-state index contributed by atoms with van der Waals surface area (Å²) in [7, 11) is -0.907. The lowest BCUT2D eigenvalue weighted by molar-refractivity contribution is -0.124. The lowest BCUT2D eigenvalue weighted by Gasteiger charge is -2.27. The second kappa shape index (κ2) is 3.45. The molecule has 0 aromatic rings. The third-order valence-corrected chi connectivity index (χ3v) is 3.06. The summed E-state index contributed by atoms with van der Waals surface area (Å²) in [6, 6.07) is 0. The number of carbonyl (C=O) groups excluding carboxylic acids is 1. The quantitative estimate of drug-likeness (QED) is 0.570. The van der Waals surface area contributed by atoms with Gasteiger partial charge in [0, 0.05) is 31.7 Å². The number of hydrogen-bond acceptors (Lipinski definition) is 2. The number of Topliss-reactive ketones (excluding diaryl/α,β-unsaturated/α-hetero) is 1. The van der Waals surface area contributed by atoms with Crippen molar-refractivity contribution in [3.8, 4) is 0 Å². The van der Waals surface area contributed by atoms with E-state index in [-0.39, 0.29) is 5.92 Å². The van der Waals surface area contributed by atoms with Crippen LogP contribution < -0.4 is 0 Å². The number of hydrogen-bond donors (Lipinski definition) is 0. The lowest BCUT2D eigenvalue weighted by Crippen LogP contribution is -2.40. The topological polar surface area (TPSA) is 37.4 Å². The van der Waals surface area contributed by atoms with Crippen molar-refractivity contribution in [2.24, 2.45) is 5.92 Å². The smallest absolute Gasteiger partial charge is 0.138 e. The molecular weight excluding hydrogens is 162 g/mol. The lowest BCUT2D eigenvalue weighted by atomic mass is 10.0. The van der Waals surface area contributed by atoms with E-state index in [1.165, 1.54) is 0 Å². The molecule has 0 saturated carbocycles. The first kappa shape index (κ1) is 8.87. The van der Waals surface area contributed by atoms with Gasteiger partial charge in [0.1, 0.15) is 5.78 Å². The number of nitrogens with zero attached hydrogens (tertiary/aromatic N) is 1. The zero-order chi connectivity index (χ0) is 8.43. The van der Waals surface area contributed by atoms with Gasteiger partial charge >= 0.3 is 0 Å². The molecule has 1 aliphatic rings. The summed E-state index contributed by atoms with van der Waals surface area (Å²) < 4.78 is 12.8. The van der Waals surface area contributed by atoms with Gasteiger partial charge in [-0.2, -0.15) is 0 Å². The Labute approximate surface area is 69.4 Å². The van der Waals surface area contributed by atoms with Crippen LogP contribution in [0.15, 0.2) is 0 Å². The molecule has 1 fully saturated rings. The maximum atomic E-state index is 11.0. The van der Waals surface area contributed by atoms with Gasteiger partial charge in [-0.25, -0.2) is 8.51 Å². The highest BCUT2D eigenvalue weighted by atomic mass is 32.2. The molecule has 0 N–H and O–H groups in total. The van der Waals surface area contributed by atoms with Crippen LogP contribution in [0.4, 0.5) is 0 Å². The molecule has 3 nitrogen and oxygen atoms in total. The van der Waals surface area contributed by atoms with Gasteiger partial charge in [0.05, 0.1) is 11.0 Å². The minimum absolute atomic E-state index is 0.0626. The van der Waals surface area contributed by atoms with Crippen LogP contribution in [0.2, 0.25) is 0 Å². The molecular formula is C7H13NO2S. The first-order valence-corrected chi connectivity index (χ1v) is 5.24. The van der Waals surface area contributed by atoms with Gasteiger partial charge in [0.25, 0.3) is 0 Å². The maximum absolute atomic E-state index is 11.0. The van der Waals surface area contributed by atoms with E-state index in [4.69, 9.17) is 0 Å². The van der Waals surface area contributed by atoms with Crippen LogP contribution >= 0.6 is 0 Å². The molecule has 0 aromatic carbocycles. The minimum Gasteiger partial charge on any atom is -0.299 e. The van der Waals surface area contributed by atoms with Crippen LogP contribution in [0.5, 0.6) is 0 Å². The Bertz CT molecular complexity index is 193. The standard InChI is InChI=1S/C7H13NO2S/c1-6-5-8(11(2)10)4-3-7(6)9/h6H,3-5H2,1-2H3. The summed E-state index contributed by atoms with van der Waals surface area (Å²) in [5.41, 5.74) is 0. The van der Waals surface area contributed by atoms with E-state index in [1.54, 1.807) is 6.26 Å². The van der Waals surface area contributed by atoms with Crippen molar-refractivity contribution in [1.82, 2.24) is 4.31 Å². The van der Waals surface area contributed by atoms with Crippen LogP contribution in [-0.2, 0) is 15.8 Å². The van der Waals surface area contributed by atoms with E-state index >= 15 is 0 Å². The van der Waals surface area contributed by atoms with Crippen molar-refractivity contribution in [1.29, 1.82) is 0 Å². The average Bonchev–Trinajstić information content (AvgIpc) is 1.94. The highest BCUT2D eigenvalue weighted by molar-refractivity contribution is 7.81. The molecule has 4 heteroatoms. The van der Waals surface area contributed by atoms with Gasteiger partial charge < -0.3 is 0 Å². The molecule has 1 heterocycles. The molecule has 2 unspecified atom stereocenters. The number of ketones is 1. The molecule has 0 spiro atoms. The third-order valence-electron chi connectivity index (χ3n) is 2.00. The largest absolute Gasteiger partial charge is 0.299 e. The molecule has 1 saturated heterocycles. The van der Waals surface area contributed by atoms with Gasteiger partial charge in [-0.05, 0) is 0 Å². The van der Waals surface area contributed by atoms with Crippen molar-refractivity contribution >= 4 is 16.8 Å². The Hall–Kier alpha value is -0.220. The zero-order valence-corrected chi connectivity index (χ0v) is 7.69. The molecule has 2 atom stereocenters. The zero-order valence-electron chi connectivity index (χ0n) is 6.87. The Morgan fingerprint density at radius 1 is 1.64 bits per heavy atom. The predicted molar refractivity (Wildman–Crippen MR) is 44.4 cm³/mol. The van der Waals surface area contributed by atoms with Crippen LogP contribution in [0.3, 0.4) is 0 Å². The normalized spacial score (nSPS) is 30.4. The molecule has 11 heavy (non-hydrogen) atoms. The highest BCUT2D eigenvalue weighted by Gasteiger charge is 2.24. The van der Waals surface area contributed by atoms with Crippen LogP contribution in [-0.4, -0.2) is 33.6 Å². The van der Waals surface area contributed by atoms with E-state index in [0.29, 0.717) is 25.3 Å². The first-order valence-electron chi connectivity index (χ1n) is 3.72. The fourth-order valence-electron chi connectivity index (χ4n) is 1.21. The summed E-state index contributed by atoms with van der Waals surface area (Å²) in [6.45, 7) is 3.20. The molecule has 0 radical (unpaired) electrons. The van der Waals surface area contributed by atoms with Crippen molar-refractivity contribution in [2.75, 3.05) is 19.3 Å². The summed E-state index contributed by atoms with van der Waals surface area (Å²) in [5, 5.41) is 0. The van der Waals surface area contributed by atoms with Gasteiger partial charge in [-0.3, -0.25) is 4.79 Å². The summed E-state index contributed by atoms with van der Waals surface area (Å²) in [5.74, 6) is 0.361. The molecule has 0 amide bonds. The summed E-state index contributed by atoms with van der Waals surface area (Å²) >= 11 is 0. The molecule has 0 bridgehead atoms. The number of rotatable bonds is 1. The van der Waals surface area contributed by atoms with E-state index < -0.39 is 11.0 Å². The average molecular weight is 175 g/mol. The number of carbonyl (C=O) groups is 1. The summed E-state index contributed by atoms with van der Waals surface area (Å²) in [6.07, 6.45) is 2.21. The van der Waals surface area contributed by atoms with Crippen molar-refractivity contribution in [3.05, 3.63) is 0 Å². The number of piperidine rings is 1. The van der Waals surface area contributed by atoms with Crippen LogP contribution in [0.1, 0.15) is 13.3 Å². The molecule has 0 aromatic heterocycles. The fraction of sp³-hybridized carbons (Fsp3) is 0.857. The SMILES string of the molecule is CC1CN(S(C)=O)CCC1=O. The molecule has 64 valence electrons. The summed E-state index contributed by atoms with van der Waals surface area (Å²) in [4.78, 5) is 11.0. The Morgan fingerprint density at radius 3 is 2.73 bits per heavy atom. The van der Waals surface area contributed by atoms with E-state index in [2.05, 4.69) is 0 Å². The van der Waals surface area contributed by atoms with E-state index in [9.17, 15) is 9.00 Å². The first-order chi connectivity index (χ1) is 5.11. The fourth-order valence-corrected chi connectivity index (χ4v) is 2.00. The Kier molecular flexibility index (Phi) is 2.78. The molecule has 1 rings (SSSR count). The van der Waals surface area contributed by atoms with Gasteiger partial charge in [0.2, 0.25) is 0 Å². The van der Waals surface area contributed by atoms with Crippen molar-refractivity contribution in [3.63, 3.8) is 0 Å². The second-order valence-corrected chi connectivity index (χ2v) is 4.29. The second-order valence-electron chi connectivity index (χ2n) is 2.93. The molecule has 1 aliphatic heterocycles. The minimum atomic E-state index is -0.907. The van der Waals surface area contributed by atoms with Crippen LogP contribution in [0.25, 0.3) is 0 Å². The van der Waals surface area contributed by atoms with Gasteiger partial charge in [-0.15, -0.1) is 0 Å². The predicted octanol–water partition coefficient (Wildman–Crippen LogP) is 0.191.